The highest BCUT2D eigenvalue weighted by atomic mass is 35.5. The van der Waals surface area contributed by atoms with Crippen molar-refractivity contribution in [3.8, 4) is 5.69 Å². The summed E-state index contributed by atoms with van der Waals surface area (Å²) in [6, 6.07) is 16.1. The Morgan fingerprint density at radius 2 is 1.92 bits per heavy atom. The van der Waals surface area contributed by atoms with Gasteiger partial charge in [-0.25, -0.2) is 14.6 Å². The molecule has 2 aromatic heterocycles. The minimum absolute atomic E-state index is 0.753. The highest BCUT2D eigenvalue weighted by molar-refractivity contribution is 6.30. The minimum Gasteiger partial charge on any atom is -0.369 e. The number of fused-ring (bicyclic) bond motifs is 1. The van der Waals surface area contributed by atoms with Crippen LogP contribution in [-0.4, -0.2) is 26.3 Å². The number of nitrogens with zero attached hydrogens (tertiary/aromatic N) is 4. The molecule has 5 nitrogen and oxygen atoms in total. The number of benzene rings is 2. The molecule has 0 amide bonds. The molecule has 0 atom stereocenters. The maximum atomic E-state index is 5.93. The van der Waals surface area contributed by atoms with Gasteiger partial charge in [0.1, 0.15) is 12.1 Å². The quantitative estimate of drug-likeness (QED) is 0.569. The highest BCUT2D eigenvalue weighted by Crippen LogP contribution is 2.22. The van der Waals surface area contributed by atoms with Crippen LogP contribution in [-0.2, 0) is 6.42 Å². The van der Waals surface area contributed by atoms with E-state index in [1.54, 1.807) is 6.33 Å². The zero-order valence-electron chi connectivity index (χ0n) is 14.4. The molecule has 2 heterocycles. The van der Waals surface area contributed by atoms with E-state index in [0.717, 1.165) is 40.5 Å². The van der Waals surface area contributed by atoms with E-state index in [9.17, 15) is 0 Å². The van der Waals surface area contributed by atoms with Crippen LogP contribution in [0.5, 0.6) is 0 Å². The Morgan fingerprint density at radius 1 is 1.08 bits per heavy atom. The normalized spacial score (nSPS) is 11.0. The first-order chi connectivity index (χ1) is 12.7. The Hall–Kier alpha value is -2.92. The number of hydrogen-bond acceptors (Lipinski definition) is 4. The first-order valence-electron chi connectivity index (χ1n) is 8.45. The van der Waals surface area contributed by atoms with E-state index in [-0.39, 0.29) is 0 Å². The summed E-state index contributed by atoms with van der Waals surface area (Å²) in [6.07, 6.45) is 4.26. The van der Waals surface area contributed by atoms with Crippen LogP contribution in [0.4, 0.5) is 5.82 Å². The van der Waals surface area contributed by atoms with Crippen LogP contribution >= 0.6 is 11.6 Å². The predicted octanol–water partition coefficient (Wildman–Crippen LogP) is 4.43. The van der Waals surface area contributed by atoms with E-state index in [0.29, 0.717) is 0 Å². The van der Waals surface area contributed by atoms with Gasteiger partial charge in [0.05, 0.1) is 17.3 Å². The fraction of sp³-hybridized carbons (Fsp3) is 0.150. The largest absolute Gasteiger partial charge is 0.369 e. The molecule has 0 aliphatic carbocycles. The zero-order valence-corrected chi connectivity index (χ0v) is 15.1. The van der Waals surface area contributed by atoms with Crippen molar-refractivity contribution in [3.63, 3.8) is 0 Å². The smallest absolute Gasteiger partial charge is 0.168 e. The molecule has 2 aromatic carbocycles. The Balaban J connectivity index is 1.56. The maximum absolute atomic E-state index is 5.93. The molecule has 0 bridgehead atoms. The predicted molar refractivity (Wildman–Crippen MR) is 105 cm³/mol. The lowest BCUT2D eigenvalue weighted by molar-refractivity contribution is 0.893. The van der Waals surface area contributed by atoms with Gasteiger partial charge in [-0.3, -0.25) is 0 Å². The fourth-order valence-corrected chi connectivity index (χ4v) is 3.04. The van der Waals surface area contributed by atoms with Gasteiger partial charge in [-0.1, -0.05) is 35.9 Å². The summed E-state index contributed by atoms with van der Waals surface area (Å²) in [4.78, 5) is 8.80. The molecule has 4 aromatic rings. The number of aromatic nitrogens is 4. The van der Waals surface area contributed by atoms with Crippen molar-refractivity contribution in [2.24, 2.45) is 0 Å². The number of hydrogen-bond donors (Lipinski definition) is 1. The number of halogens is 1. The summed E-state index contributed by atoms with van der Waals surface area (Å²) in [7, 11) is 0. The molecule has 26 heavy (non-hydrogen) atoms. The van der Waals surface area contributed by atoms with E-state index in [4.69, 9.17) is 11.6 Å². The van der Waals surface area contributed by atoms with Crippen molar-refractivity contribution >= 4 is 28.5 Å². The molecule has 0 spiro atoms. The fourth-order valence-electron chi connectivity index (χ4n) is 2.91. The monoisotopic (exact) mass is 363 g/mol. The first kappa shape index (κ1) is 16.5. The van der Waals surface area contributed by atoms with Crippen molar-refractivity contribution < 1.29 is 0 Å². The van der Waals surface area contributed by atoms with Crippen LogP contribution in [0.3, 0.4) is 0 Å². The Bertz CT molecular complexity index is 1040. The minimum atomic E-state index is 0.753. The average Bonchev–Trinajstić information content (AvgIpc) is 3.08. The molecular weight excluding hydrogens is 346 g/mol. The van der Waals surface area contributed by atoms with Crippen molar-refractivity contribution in [1.29, 1.82) is 0 Å². The lowest BCUT2D eigenvalue weighted by atomic mass is 10.1. The van der Waals surface area contributed by atoms with E-state index in [1.165, 1.54) is 11.1 Å². The summed E-state index contributed by atoms with van der Waals surface area (Å²) in [6.45, 7) is 2.83. The third kappa shape index (κ3) is 3.39. The Kier molecular flexibility index (Phi) is 4.54. The maximum Gasteiger partial charge on any atom is 0.168 e. The van der Waals surface area contributed by atoms with Gasteiger partial charge in [-0.15, -0.1) is 0 Å². The van der Waals surface area contributed by atoms with E-state index in [2.05, 4.69) is 39.4 Å². The third-order valence-electron chi connectivity index (χ3n) is 4.23. The van der Waals surface area contributed by atoms with Crippen molar-refractivity contribution in [2.75, 3.05) is 11.9 Å². The summed E-state index contributed by atoms with van der Waals surface area (Å²) >= 11 is 5.93. The van der Waals surface area contributed by atoms with Crippen molar-refractivity contribution in [2.45, 2.75) is 13.3 Å². The van der Waals surface area contributed by atoms with Gasteiger partial charge < -0.3 is 5.32 Å². The standard InChI is InChI=1S/C20H18ClN5/c1-14-3-2-4-17(11-14)26-20-18(12-25-26)19(23-13-24-20)22-10-9-15-5-7-16(21)8-6-15/h2-8,11-13H,9-10H2,1H3,(H,22,23,24). The molecule has 0 saturated heterocycles. The molecule has 0 aliphatic rings. The zero-order chi connectivity index (χ0) is 17.9. The number of nitrogens with one attached hydrogen (secondary N) is 1. The molecule has 130 valence electrons. The summed E-state index contributed by atoms with van der Waals surface area (Å²) < 4.78 is 1.84. The van der Waals surface area contributed by atoms with Crippen LogP contribution in [0.25, 0.3) is 16.7 Å². The van der Waals surface area contributed by atoms with E-state index < -0.39 is 0 Å². The summed E-state index contributed by atoms with van der Waals surface area (Å²) in [5.74, 6) is 0.794. The van der Waals surface area contributed by atoms with Crippen molar-refractivity contribution in [1.82, 2.24) is 19.7 Å². The lowest BCUT2D eigenvalue weighted by Gasteiger charge is -2.07. The molecular formula is C20H18ClN5. The number of rotatable bonds is 5. The van der Waals surface area contributed by atoms with Gasteiger partial charge in [-0.2, -0.15) is 5.10 Å². The Labute approximate surface area is 156 Å². The molecule has 0 radical (unpaired) electrons. The van der Waals surface area contributed by atoms with Crippen LogP contribution in [0.15, 0.2) is 61.1 Å². The van der Waals surface area contributed by atoms with Gasteiger partial charge in [0.2, 0.25) is 0 Å². The SMILES string of the molecule is Cc1cccc(-n2ncc3c(NCCc4ccc(Cl)cc4)ncnc32)c1. The van der Waals surface area contributed by atoms with Gasteiger partial charge in [-0.05, 0) is 48.7 Å². The second kappa shape index (κ2) is 7.14. The molecule has 6 heteroatoms. The van der Waals surface area contributed by atoms with Crippen molar-refractivity contribution in [3.05, 3.63) is 77.2 Å². The number of aryl methyl sites for hydroxylation is 1. The second-order valence-corrected chi connectivity index (χ2v) is 6.59. The lowest BCUT2D eigenvalue weighted by Crippen LogP contribution is -2.07. The van der Waals surface area contributed by atoms with Crippen LogP contribution in [0, 0.1) is 6.92 Å². The highest BCUT2D eigenvalue weighted by Gasteiger charge is 2.11. The molecule has 4 rings (SSSR count). The number of anilines is 1. The summed E-state index contributed by atoms with van der Waals surface area (Å²) in [5.41, 5.74) is 4.19. The molecule has 0 fully saturated rings. The first-order valence-corrected chi connectivity index (χ1v) is 8.82. The Morgan fingerprint density at radius 3 is 2.73 bits per heavy atom. The van der Waals surface area contributed by atoms with Crippen LogP contribution < -0.4 is 5.32 Å². The van der Waals surface area contributed by atoms with E-state index in [1.807, 2.05) is 47.3 Å². The van der Waals surface area contributed by atoms with Gasteiger partial charge >= 0.3 is 0 Å². The van der Waals surface area contributed by atoms with Gasteiger partial charge in [0.15, 0.2) is 5.65 Å². The van der Waals surface area contributed by atoms with E-state index >= 15 is 0 Å². The molecule has 0 saturated carbocycles. The van der Waals surface area contributed by atoms with Gasteiger partial charge in [0.25, 0.3) is 0 Å². The van der Waals surface area contributed by atoms with Gasteiger partial charge in [0, 0.05) is 11.6 Å². The van der Waals surface area contributed by atoms with Crippen LogP contribution in [0.1, 0.15) is 11.1 Å². The topological polar surface area (TPSA) is 55.6 Å². The third-order valence-corrected chi connectivity index (χ3v) is 4.48. The average molecular weight is 364 g/mol. The van der Waals surface area contributed by atoms with Crippen LogP contribution in [0.2, 0.25) is 5.02 Å². The molecule has 0 aliphatic heterocycles. The summed E-state index contributed by atoms with van der Waals surface area (Å²) in [5, 5.41) is 9.55. The molecule has 0 unspecified atom stereocenters. The second-order valence-electron chi connectivity index (χ2n) is 6.16. The molecule has 1 N–H and O–H groups in total.